The smallest absolute Gasteiger partial charge is 0.318 e. The Balaban J connectivity index is 1.83. The number of thiophene rings is 1. The first-order valence-corrected chi connectivity index (χ1v) is 11.6. The van der Waals surface area contributed by atoms with Crippen molar-refractivity contribution in [3.63, 3.8) is 0 Å². The standard InChI is InChI=1S/C24H33N3O3S/c1-23(2,3)15-19(28)26-21-20(18-11-8-14-31-18)27(13-12-24(21,4)30)22(29)25-16-17-9-6-5-7-10-17/h5-11,14,20-21,30H,12-13,15-16H2,1-4H3,(H,25,29)(H,26,28)/t20-,21-,24+/m0/s1. The molecule has 0 aliphatic carbocycles. The van der Waals surface area contributed by atoms with E-state index in [1.807, 2.05) is 68.6 Å². The number of aliphatic hydroxyl groups is 1. The number of hydrogen-bond donors (Lipinski definition) is 3. The third-order valence-corrected chi connectivity index (χ3v) is 6.51. The fraction of sp³-hybridized carbons (Fsp3) is 0.500. The second kappa shape index (κ2) is 9.40. The van der Waals surface area contributed by atoms with Crippen molar-refractivity contribution < 1.29 is 14.7 Å². The Morgan fingerprint density at radius 1 is 1.19 bits per heavy atom. The molecule has 3 atom stereocenters. The van der Waals surface area contributed by atoms with E-state index >= 15 is 0 Å². The molecule has 3 amide bonds. The molecule has 0 bridgehead atoms. The van der Waals surface area contributed by atoms with Crippen molar-refractivity contribution in [2.24, 2.45) is 5.41 Å². The lowest BCUT2D eigenvalue weighted by atomic mass is 9.81. The highest BCUT2D eigenvalue weighted by Crippen LogP contribution is 2.39. The summed E-state index contributed by atoms with van der Waals surface area (Å²) in [6, 6.07) is 12.4. The SMILES string of the molecule is CC(C)(C)CC(=O)N[C@H]1[C@H](c2cccs2)N(C(=O)NCc2ccccc2)CC[C@@]1(C)O. The van der Waals surface area contributed by atoms with E-state index < -0.39 is 17.7 Å². The van der Waals surface area contributed by atoms with E-state index in [0.29, 0.717) is 25.9 Å². The zero-order valence-electron chi connectivity index (χ0n) is 18.7. The van der Waals surface area contributed by atoms with Crippen LogP contribution in [0.5, 0.6) is 0 Å². The summed E-state index contributed by atoms with van der Waals surface area (Å²) in [7, 11) is 0. The zero-order chi connectivity index (χ0) is 22.6. The monoisotopic (exact) mass is 443 g/mol. The van der Waals surface area contributed by atoms with Crippen LogP contribution < -0.4 is 10.6 Å². The quantitative estimate of drug-likeness (QED) is 0.651. The van der Waals surface area contributed by atoms with Crippen LogP contribution >= 0.6 is 11.3 Å². The van der Waals surface area contributed by atoms with Gasteiger partial charge in [-0.15, -0.1) is 11.3 Å². The fourth-order valence-electron chi connectivity index (χ4n) is 3.98. The van der Waals surface area contributed by atoms with Gasteiger partial charge in [0.25, 0.3) is 0 Å². The molecule has 1 fully saturated rings. The van der Waals surface area contributed by atoms with Crippen LogP contribution in [0.15, 0.2) is 47.8 Å². The van der Waals surface area contributed by atoms with Crippen molar-refractivity contribution >= 4 is 23.3 Å². The predicted octanol–water partition coefficient (Wildman–Crippen LogP) is 4.08. The number of likely N-dealkylation sites (tertiary alicyclic amines) is 1. The molecule has 1 aromatic carbocycles. The van der Waals surface area contributed by atoms with Crippen LogP contribution in [0.3, 0.4) is 0 Å². The first kappa shape index (κ1) is 23.3. The Morgan fingerprint density at radius 2 is 1.90 bits per heavy atom. The van der Waals surface area contributed by atoms with E-state index in [1.54, 1.807) is 11.8 Å². The lowest BCUT2D eigenvalue weighted by molar-refractivity contribution is -0.129. The summed E-state index contributed by atoms with van der Waals surface area (Å²) in [5.74, 6) is -0.120. The number of piperidine rings is 1. The number of rotatable bonds is 5. The molecular weight excluding hydrogens is 410 g/mol. The van der Waals surface area contributed by atoms with E-state index in [0.717, 1.165) is 10.4 Å². The molecular formula is C24H33N3O3S. The maximum Gasteiger partial charge on any atom is 0.318 e. The number of urea groups is 1. The van der Waals surface area contributed by atoms with Crippen molar-refractivity contribution in [3.05, 3.63) is 58.3 Å². The molecule has 0 saturated carbocycles. The molecule has 3 rings (SSSR count). The first-order valence-electron chi connectivity index (χ1n) is 10.7. The largest absolute Gasteiger partial charge is 0.388 e. The van der Waals surface area contributed by atoms with Gasteiger partial charge in [-0.2, -0.15) is 0 Å². The molecule has 168 valence electrons. The van der Waals surface area contributed by atoms with Gasteiger partial charge < -0.3 is 20.6 Å². The van der Waals surface area contributed by atoms with Gasteiger partial charge in [-0.3, -0.25) is 4.79 Å². The maximum absolute atomic E-state index is 13.2. The Morgan fingerprint density at radius 3 is 2.52 bits per heavy atom. The molecule has 1 aliphatic rings. The van der Waals surface area contributed by atoms with Gasteiger partial charge in [-0.25, -0.2) is 4.79 Å². The van der Waals surface area contributed by atoms with Gasteiger partial charge in [0.1, 0.15) is 0 Å². The number of carbonyl (C=O) groups is 2. The van der Waals surface area contributed by atoms with Gasteiger partial charge in [-0.05, 0) is 35.8 Å². The average molecular weight is 444 g/mol. The fourth-order valence-corrected chi connectivity index (χ4v) is 4.86. The lowest BCUT2D eigenvalue weighted by Gasteiger charge is -2.48. The van der Waals surface area contributed by atoms with E-state index in [1.165, 1.54) is 11.3 Å². The second-order valence-corrected chi connectivity index (χ2v) is 10.7. The van der Waals surface area contributed by atoms with Crippen LogP contribution in [0.2, 0.25) is 0 Å². The molecule has 7 heteroatoms. The number of nitrogens with zero attached hydrogens (tertiary/aromatic N) is 1. The molecule has 0 unspecified atom stereocenters. The molecule has 6 nitrogen and oxygen atoms in total. The molecule has 31 heavy (non-hydrogen) atoms. The van der Waals surface area contributed by atoms with Gasteiger partial charge in [0, 0.05) is 24.4 Å². The van der Waals surface area contributed by atoms with Gasteiger partial charge >= 0.3 is 6.03 Å². The summed E-state index contributed by atoms with van der Waals surface area (Å²) in [4.78, 5) is 28.6. The average Bonchev–Trinajstić information content (AvgIpc) is 3.21. The summed E-state index contributed by atoms with van der Waals surface area (Å²) in [6.45, 7) is 8.59. The van der Waals surface area contributed by atoms with Gasteiger partial charge in [-0.1, -0.05) is 57.2 Å². The van der Waals surface area contributed by atoms with Gasteiger partial charge in [0.15, 0.2) is 0 Å². The molecule has 1 aliphatic heterocycles. The van der Waals surface area contributed by atoms with Crippen LogP contribution in [0.1, 0.15) is 57.0 Å². The number of benzene rings is 1. The molecule has 1 aromatic heterocycles. The number of hydrogen-bond acceptors (Lipinski definition) is 4. The van der Waals surface area contributed by atoms with Crippen molar-refractivity contribution in [2.75, 3.05) is 6.54 Å². The van der Waals surface area contributed by atoms with Gasteiger partial charge in [0.2, 0.25) is 5.91 Å². The Bertz CT molecular complexity index is 875. The van der Waals surface area contributed by atoms with Gasteiger partial charge in [0.05, 0.1) is 17.7 Å². The number of nitrogens with one attached hydrogen (secondary N) is 2. The van der Waals surface area contributed by atoms with Crippen molar-refractivity contribution in [2.45, 2.75) is 64.8 Å². The molecule has 2 heterocycles. The molecule has 0 spiro atoms. The Kier molecular flexibility index (Phi) is 7.06. The summed E-state index contributed by atoms with van der Waals surface area (Å²) < 4.78 is 0. The lowest BCUT2D eigenvalue weighted by Crippen LogP contribution is -2.64. The summed E-state index contributed by atoms with van der Waals surface area (Å²) >= 11 is 1.53. The molecule has 0 radical (unpaired) electrons. The Labute approximate surface area is 188 Å². The second-order valence-electron chi connectivity index (χ2n) is 9.69. The number of amides is 3. The van der Waals surface area contributed by atoms with E-state index in [-0.39, 0.29) is 17.4 Å². The summed E-state index contributed by atoms with van der Waals surface area (Å²) in [6.07, 6.45) is 0.727. The summed E-state index contributed by atoms with van der Waals surface area (Å²) in [5, 5.41) is 19.2. The van der Waals surface area contributed by atoms with Crippen molar-refractivity contribution in [3.8, 4) is 0 Å². The zero-order valence-corrected chi connectivity index (χ0v) is 19.5. The van der Waals surface area contributed by atoms with E-state index in [4.69, 9.17) is 0 Å². The van der Waals surface area contributed by atoms with Crippen LogP contribution in [-0.2, 0) is 11.3 Å². The minimum atomic E-state index is -1.13. The third-order valence-electron chi connectivity index (χ3n) is 5.57. The topological polar surface area (TPSA) is 81.7 Å². The minimum Gasteiger partial charge on any atom is -0.388 e. The minimum absolute atomic E-state index is 0.120. The molecule has 2 aromatic rings. The van der Waals surface area contributed by atoms with E-state index in [2.05, 4.69) is 10.6 Å². The first-order chi connectivity index (χ1) is 14.6. The molecule has 1 saturated heterocycles. The van der Waals surface area contributed by atoms with E-state index in [9.17, 15) is 14.7 Å². The normalized spacial score (nSPS) is 24.0. The molecule has 3 N–H and O–H groups in total. The highest BCUT2D eigenvalue weighted by molar-refractivity contribution is 7.10. The highest BCUT2D eigenvalue weighted by atomic mass is 32.1. The van der Waals surface area contributed by atoms with Crippen LogP contribution in [0.25, 0.3) is 0 Å². The van der Waals surface area contributed by atoms with Crippen LogP contribution in [0, 0.1) is 5.41 Å². The summed E-state index contributed by atoms with van der Waals surface area (Å²) in [5.41, 5.74) is -0.281. The third kappa shape index (κ3) is 6.08. The van der Waals surface area contributed by atoms with Crippen LogP contribution in [0.4, 0.5) is 4.79 Å². The maximum atomic E-state index is 13.2. The van der Waals surface area contributed by atoms with Crippen LogP contribution in [-0.4, -0.2) is 40.1 Å². The Hall–Kier alpha value is -2.38. The highest BCUT2D eigenvalue weighted by Gasteiger charge is 2.48. The van der Waals surface area contributed by atoms with Crippen molar-refractivity contribution in [1.82, 2.24) is 15.5 Å². The predicted molar refractivity (Wildman–Crippen MR) is 124 cm³/mol. The number of carbonyl (C=O) groups excluding carboxylic acids is 2. The van der Waals surface area contributed by atoms with Crippen molar-refractivity contribution in [1.29, 1.82) is 0 Å².